The van der Waals surface area contributed by atoms with E-state index < -0.39 is 0 Å². The number of hydrogen-bond donors (Lipinski definition) is 1. The Hall–Kier alpha value is -0.730. The van der Waals surface area contributed by atoms with Gasteiger partial charge in [-0.3, -0.25) is 0 Å². The molecule has 0 unspecified atom stereocenters. The zero-order valence-corrected chi connectivity index (χ0v) is 11.6. The highest BCUT2D eigenvalue weighted by atomic mass is 35.5. The highest BCUT2D eigenvalue weighted by Crippen LogP contribution is 2.39. The summed E-state index contributed by atoms with van der Waals surface area (Å²) in [6.45, 7) is 6.56. The lowest BCUT2D eigenvalue weighted by molar-refractivity contribution is 0.516. The first-order valence-electron chi connectivity index (χ1n) is 6.26. The van der Waals surface area contributed by atoms with E-state index >= 15 is 0 Å². The second-order valence-corrected chi connectivity index (χ2v) is 5.75. The van der Waals surface area contributed by atoms with Crippen molar-refractivity contribution in [3.8, 4) is 0 Å². The molecule has 1 aromatic rings. The van der Waals surface area contributed by atoms with Crippen LogP contribution in [0.3, 0.4) is 0 Å². The minimum atomic E-state index is 0.216. The molecule has 1 N–H and O–H groups in total. The van der Waals surface area contributed by atoms with Crippen molar-refractivity contribution in [1.29, 1.82) is 0 Å². The van der Waals surface area contributed by atoms with E-state index in [1.807, 2.05) is 19.2 Å². The van der Waals surface area contributed by atoms with Gasteiger partial charge in [-0.1, -0.05) is 23.7 Å². The molecule has 17 heavy (non-hydrogen) atoms. The lowest BCUT2D eigenvalue weighted by atomic mass is 10.0. The molecule has 2 nitrogen and oxygen atoms in total. The standard InChI is InChI=1S/C14H21ClN2/c1-14(2)8-5-9-17(14)13-11(10-16-3)6-4-7-12(13)15/h4,6-7,16H,5,8-10H2,1-3H3. The first kappa shape index (κ1) is 12.7. The summed E-state index contributed by atoms with van der Waals surface area (Å²) >= 11 is 6.40. The topological polar surface area (TPSA) is 15.3 Å². The highest BCUT2D eigenvalue weighted by molar-refractivity contribution is 6.33. The van der Waals surface area contributed by atoms with Crippen molar-refractivity contribution >= 4 is 17.3 Å². The van der Waals surface area contributed by atoms with Crippen LogP contribution in [-0.2, 0) is 6.54 Å². The van der Waals surface area contributed by atoms with Crippen LogP contribution in [-0.4, -0.2) is 19.1 Å². The number of benzene rings is 1. The molecule has 2 rings (SSSR count). The van der Waals surface area contributed by atoms with Gasteiger partial charge in [-0.25, -0.2) is 0 Å². The summed E-state index contributed by atoms with van der Waals surface area (Å²) in [5, 5.41) is 4.09. The lowest BCUT2D eigenvalue weighted by Crippen LogP contribution is -2.39. The fourth-order valence-electron chi connectivity index (χ4n) is 2.72. The second-order valence-electron chi connectivity index (χ2n) is 5.35. The molecule has 0 saturated carbocycles. The molecule has 0 amide bonds. The van der Waals surface area contributed by atoms with Gasteiger partial charge in [-0.15, -0.1) is 0 Å². The van der Waals surface area contributed by atoms with Gasteiger partial charge in [0.1, 0.15) is 0 Å². The van der Waals surface area contributed by atoms with Gasteiger partial charge >= 0.3 is 0 Å². The minimum absolute atomic E-state index is 0.216. The molecule has 3 heteroatoms. The van der Waals surface area contributed by atoms with E-state index in [1.54, 1.807) is 0 Å². The molecular weight excluding hydrogens is 232 g/mol. The predicted octanol–water partition coefficient (Wildman–Crippen LogP) is 3.44. The molecule has 1 aromatic carbocycles. The smallest absolute Gasteiger partial charge is 0.0643 e. The molecule has 0 radical (unpaired) electrons. The van der Waals surface area contributed by atoms with Crippen LogP contribution in [0.25, 0.3) is 0 Å². The van der Waals surface area contributed by atoms with E-state index in [1.165, 1.54) is 24.1 Å². The van der Waals surface area contributed by atoms with E-state index in [0.717, 1.165) is 18.1 Å². The van der Waals surface area contributed by atoms with Gasteiger partial charge in [-0.05, 0) is 45.4 Å². The molecule has 0 aliphatic carbocycles. The van der Waals surface area contributed by atoms with E-state index in [-0.39, 0.29) is 5.54 Å². The number of nitrogens with zero attached hydrogens (tertiary/aromatic N) is 1. The maximum atomic E-state index is 6.40. The summed E-state index contributed by atoms with van der Waals surface area (Å²) in [4.78, 5) is 2.46. The van der Waals surface area contributed by atoms with Crippen LogP contribution in [0.4, 0.5) is 5.69 Å². The van der Waals surface area contributed by atoms with Crippen LogP contribution in [0, 0.1) is 0 Å². The average Bonchev–Trinajstić information content (AvgIpc) is 2.59. The van der Waals surface area contributed by atoms with Gasteiger partial charge in [0, 0.05) is 18.6 Å². The van der Waals surface area contributed by atoms with Crippen LogP contribution in [0.1, 0.15) is 32.3 Å². The fourth-order valence-corrected chi connectivity index (χ4v) is 3.01. The monoisotopic (exact) mass is 252 g/mol. The summed E-state index contributed by atoms with van der Waals surface area (Å²) in [5.74, 6) is 0. The Morgan fingerprint density at radius 1 is 1.41 bits per heavy atom. The average molecular weight is 253 g/mol. The van der Waals surface area contributed by atoms with Crippen molar-refractivity contribution in [2.24, 2.45) is 0 Å². The molecule has 1 aliphatic heterocycles. The third-order valence-electron chi connectivity index (χ3n) is 3.61. The molecule has 94 valence electrons. The summed E-state index contributed by atoms with van der Waals surface area (Å²) in [7, 11) is 1.97. The Bertz CT molecular complexity index is 401. The Kier molecular flexibility index (Phi) is 3.64. The molecule has 1 saturated heterocycles. The molecule has 1 aliphatic rings. The van der Waals surface area contributed by atoms with Crippen LogP contribution >= 0.6 is 11.6 Å². The van der Waals surface area contributed by atoms with E-state index in [2.05, 4.69) is 30.1 Å². The van der Waals surface area contributed by atoms with Crippen molar-refractivity contribution in [3.05, 3.63) is 28.8 Å². The number of nitrogens with one attached hydrogen (secondary N) is 1. The van der Waals surface area contributed by atoms with Crippen molar-refractivity contribution < 1.29 is 0 Å². The number of para-hydroxylation sites is 1. The molecule has 1 heterocycles. The number of anilines is 1. The third-order valence-corrected chi connectivity index (χ3v) is 3.91. The third kappa shape index (κ3) is 2.43. The predicted molar refractivity (Wildman–Crippen MR) is 74.9 cm³/mol. The van der Waals surface area contributed by atoms with Crippen molar-refractivity contribution in [2.75, 3.05) is 18.5 Å². The van der Waals surface area contributed by atoms with Crippen molar-refractivity contribution in [3.63, 3.8) is 0 Å². The van der Waals surface area contributed by atoms with Gasteiger partial charge in [0.25, 0.3) is 0 Å². The minimum Gasteiger partial charge on any atom is -0.365 e. The first-order chi connectivity index (χ1) is 8.06. The second kappa shape index (κ2) is 4.87. The number of hydrogen-bond acceptors (Lipinski definition) is 2. The Labute approximate surface area is 109 Å². The zero-order chi connectivity index (χ0) is 12.5. The van der Waals surface area contributed by atoms with Gasteiger partial charge in [0.05, 0.1) is 10.7 Å². The summed E-state index contributed by atoms with van der Waals surface area (Å²) in [6, 6.07) is 6.18. The van der Waals surface area contributed by atoms with Crippen LogP contribution < -0.4 is 10.2 Å². The van der Waals surface area contributed by atoms with Crippen molar-refractivity contribution in [2.45, 2.75) is 38.8 Å². The maximum Gasteiger partial charge on any atom is 0.0643 e. The first-order valence-corrected chi connectivity index (χ1v) is 6.64. The van der Waals surface area contributed by atoms with Crippen LogP contribution in [0.2, 0.25) is 5.02 Å². The molecule has 0 aromatic heterocycles. The van der Waals surface area contributed by atoms with E-state index in [4.69, 9.17) is 11.6 Å². The van der Waals surface area contributed by atoms with Gasteiger partial charge in [-0.2, -0.15) is 0 Å². The Morgan fingerprint density at radius 2 is 2.18 bits per heavy atom. The van der Waals surface area contributed by atoms with Gasteiger partial charge in [0.2, 0.25) is 0 Å². The Morgan fingerprint density at radius 3 is 2.76 bits per heavy atom. The summed E-state index contributed by atoms with van der Waals surface area (Å²) in [6.07, 6.45) is 2.48. The van der Waals surface area contributed by atoms with Crippen LogP contribution in [0.15, 0.2) is 18.2 Å². The largest absolute Gasteiger partial charge is 0.365 e. The van der Waals surface area contributed by atoms with Gasteiger partial charge in [0.15, 0.2) is 0 Å². The molecule has 0 spiro atoms. The van der Waals surface area contributed by atoms with E-state index in [9.17, 15) is 0 Å². The highest BCUT2D eigenvalue weighted by Gasteiger charge is 2.34. The number of halogens is 1. The van der Waals surface area contributed by atoms with Crippen LogP contribution in [0.5, 0.6) is 0 Å². The van der Waals surface area contributed by atoms with Gasteiger partial charge < -0.3 is 10.2 Å². The van der Waals surface area contributed by atoms with E-state index in [0.29, 0.717) is 0 Å². The molecule has 0 atom stereocenters. The fraction of sp³-hybridized carbons (Fsp3) is 0.571. The van der Waals surface area contributed by atoms with Crippen molar-refractivity contribution in [1.82, 2.24) is 5.32 Å². The summed E-state index contributed by atoms with van der Waals surface area (Å²) < 4.78 is 0. The maximum absolute atomic E-state index is 6.40. The number of rotatable bonds is 3. The molecule has 0 bridgehead atoms. The SMILES string of the molecule is CNCc1cccc(Cl)c1N1CCCC1(C)C. The molecular formula is C14H21ClN2. The normalized spacial score (nSPS) is 18.7. The summed E-state index contributed by atoms with van der Waals surface area (Å²) in [5.41, 5.74) is 2.72. The molecule has 1 fully saturated rings. The zero-order valence-electron chi connectivity index (χ0n) is 10.9. The quantitative estimate of drug-likeness (QED) is 0.887. The lowest BCUT2D eigenvalue weighted by Gasteiger charge is -2.35. The Balaban J connectivity index is 2.43.